The number of hydrogen-bond donors (Lipinski definition) is 1. The van der Waals surface area contributed by atoms with Crippen LogP contribution >= 0.6 is 0 Å². The van der Waals surface area contributed by atoms with Crippen molar-refractivity contribution in [1.29, 1.82) is 0 Å². The fourth-order valence-corrected chi connectivity index (χ4v) is 7.28. The Balaban J connectivity index is 1.38. The highest BCUT2D eigenvalue weighted by atomic mass is 16.6. The lowest BCUT2D eigenvalue weighted by molar-refractivity contribution is -0.384. The van der Waals surface area contributed by atoms with Gasteiger partial charge >= 0.3 is 0 Å². The van der Waals surface area contributed by atoms with E-state index in [2.05, 4.69) is 10.5 Å². The molecule has 1 heterocycles. The molecule has 3 amide bonds. The quantitative estimate of drug-likeness (QED) is 0.155. The molecule has 2 atom stereocenters. The molecular weight excluding hydrogens is 544 g/mol. The monoisotopic (exact) mass is 570 g/mol. The highest BCUT2D eigenvalue weighted by Crippen LogP contribution is 2.63. The van der Waals surface area contributed by atoms with Gasteiger partial charge in [-0.25, -0.2) is 10.3 Å². The number of hydrogen-bond acceptors (Lipinski definition) is 6. The molecule has 1 N–H and O–H groups in total. The number of nitrogens with zero attached hydrogens (tertiary/aromatic N) is 3. The van der Waals surface area contributed by atoms with E-state index in [0.29, 0.717) is 5.56 Å². The zero-order chi connectivity index (χ0) is 29.9. The maximum atomic E-state index is 14.5. The largest absolute Gasteiger partial charge is 0.293 e. The Morgan fingerprint density at radius 1 is 0.930 bits per heavy atom. The van der Waals surface area contributed by atoms with Crippen molar-refractivity contribution in [2.24, 2.45) is 16.9 Å². The van der Waals surface area contributed by atoms with E-state index in [1.54, 1.807) is 19.2 Å². The zero-order valence-electron chi connectivity index (χ0n) is 23.1. The summed E-state index contributed by atoms with van der Waals surface area (Å²) in [5, 5.41) is 16.5. The number of carbonyl (C=O) groups is 3. The van der Waals surface area contributed by atoms with Crippen molar-refractivity contribution < 1.29 is 19.3 Å². The molecule has 4 aliphatic rings. The van der Waals surface area contributed by atoms with Crippen LogP contribution in [0.2, 0.25) is 0 Å². The molecule has 3 aliphatic carbocycles. The lowest BCUT2D eigenvalue weighted by Crippen LogP contribution is -2.54. The third-order valence-corrected chi connectivity index (χ3v) is 8.92. The van der Waals surface area contributed by atoms with Crippen molar-refractivity contribution in [3.05, 3.63) is 141 Å². The van der Waals surface area contributed by atoms with Crippen molar-refractivity contribution in [2.75, 3.05) is 4.90 Å². The number of nitro benzene ring substituents is 1. The Bertz CT molecular complexity index is 1820. The second-order valence-corrected chi connectivity index (χ2v) is 11.2. The molecule has 1 saturated heterocycles. The van der Waals surface area contributed by atoms with Crippen LogP contribution in [0.1, 0.15) is 39.3 Å². The van der Waals surface area contributed by atoms with Gasteiger partial charge in [0, 0.05) is 18.2 Å². The average Bonchev–Trinajstić information content (AvgIpc) is 3.28. The molecule has 2 bridgehead atoms. The minimum absolute atomic E-state index is 0.0456. The molecule has 0 saturated carbocycles. The third kappa shape index (κ3) is 3.85. The highest BCUT2D eigenvalue weighted by molar-refractivity contribution is 6.25. The van der Waals surface area contributed by atoms with Crippen LogP contribution in [0.3, 0.4) is 0 Å². The van der Waals surface area contributed by atoms with Crippen LogP contribution in [0.25, 0.3) is 0 Å². The van der Waals surface area contributed by atoms with Crippen molar-refractivity contribution in [3.63, 3.8) is 0 Å². The molecule has 1 aliphatic heterocycles. The van der Waals surface area contributed by atoms with Crippen LogP contribution in [0.5, 0.6) is 0 Å². The topological polar surface area (TPSA) is 122 Å². The molecule has 4 aromatic carbocycles. The van der Waals surface area contributed by atoms with Gasteiger partial charge in [-0.2, -0.15) is 5.10 Å². The molecule has 1 fully saturated rings. The van der Waals surface area contributed by atoms with Gasteiger partial charge in [0.05, 0.1) is 28.6 Å². The van der Waals surface area contributed by atoms with Gasteiger partial charge in [-0.05, 0) is 46.4 Å². The molecule has 0 spiro atoms. The summed E-state index contributed by atoms with van der Waals surface area (Å²) in [6, 6.07) is 29.1. The minimum Gasteiger partial charge on any atom is -0.274 e. The van der Waals surface area contributed by atoms with Crippen molar-refractivity contribution in [1.82, 2.24) is 5.43 Å². The highest BCUT2D eigenvalue weighted by Gasteiger charge is 2.68. The first-order chi connectivity index (χ1) is 20.8. The summed E-state index contributed by atoms with van der Waals surface area (Å²) in [6.07, 6.45) is 1.70. The molecule has 212 valence electrons. The number of rotatable bonds is 6. The molecule has 43 heavy (non-hydrogen) atoms. The molecule has 0 radical (unpaired) electrons. The van der Waals surface area contributed by atoms with Crippen molar-refractivity contribution in [3.8, 4) is 0 Å². The maximum absolute atomic E-state index is 14.5. The maximum Gasteiger partial charge on any atom is 0.293 e. The Labute approximate surface area is 247 Å². The van der Waals surface area contributed by atoms with Crippen LogP contribution in [0, 0.1) is 28.9 Å². The summed E-state index contributed by atoms with van der Waals surface area (Å²) in [4.78, 5) is 54.1. The van der Waals surface area contributed by atoms with Crippen LogP contribution in [0.4, 0.5) is 11.4 Å². The van der Waals surface area contributed by atoms with E-state index >= 15 is 0 Å². The van der Waals surface area contributed by atoms with Gasteiger partial charge in [0.15, 0.2) is 0 Å². The first-order valence-corrected chi connectivity index (χ1v) is 14.0. The molecule has 0 unspecified atom stereocenters. The third-order valence-electron chi connectivity index (χ3n) is 8.92. The normalized spacial score (nSPS) is 23.2. The van der Waals surface area contributed by atoms with E-state index in [4.69, 9.17) is 0 Å². The van der Waals surface area contributed by atoms with Crippen LogP contribution < -0.4 is 10.3 Å². The number of nitro groups is 1. The lowest BCUT2D eigenvalue weighted by Gasteiger charge is -2.52. The van der Waals surface area contributed by atoms with Gasteiger partial charge in [-0.15, -0.1) is 0 Å². The summed E-state index contributed by atoms with van der Waals surface area (Å²) in [6.45, 7) is 1.72. The summed E-state index contributed by atoms with van der Waals surface area (Å²) in [5.41, 5.74) is 5.97. The van der Waals surface area contributed by atoms with E-state index in [0.717, 1.165) is 32.7 Å². The number of anilines is 1. The zero-order valence-corrected chi connectivity index (χ0v) is 23.1. The summed E-state index contributed by atoms with van der Waals surface area (Å²) >= 11 is 0. The molecule has 9 nitrogen and oxygen atoms in total. The first-order valence-electron chi connectivity index (χ1n) is 14.0. The predicted molar refractivity (Wildman–Crippen MR) is 160 cm³/mol. The lowest BCUT2D eigenvalue weighted by atomic mass is 9.47. The second kappa shape index (κ2) is 9.84. The average molecular weight is 571 g/mol. The Hall–Kier alpha value is -5.44. The molecule has 8 rings (SSSR count). The number of imide groups is 1. The fourth-order valence-electron chi connectivity index (χ4n) is 7.28. The number of carbonyl (C=O) groups excluding carboxylic acids is 3. The van der Waals surface area contributed by atoms with Gasteiger partial charge in [-0.1, -0.05) is 84.9 Å². The van der Waals surface area contributed by atoms with E-state index in [9.17, 15) is 24.5 Å². The van der Waals surface area contributed by atoms with Gasteiger partial charge in [0.2, 0.25) is 17.7 Å². The van der Waals surface area contributed by atoms with E-state index in [1.165, 1.54) is 12.1 Å². The molecule has 4 aromatic rings. The number of amides is 3. The van der Waals surface area contributed by atoms with Gasteiger partial charge in [-0.3, -0.25) is 24.5 Å². The molecular formula is C34H26N4O5. The Morgan fingerprint density at radius 2 is 1.56 bits per heavy atom. The Morgan fingerprint density at radius 3 is 2.21 bits per heavy atom. The van der Waals surface area contributed by atoms with Gasteiger partial charge in [0.25, 0.3) is 5.69 Å². The molecule has 9 heteroatoms. The number of hydrazone groups is 1. The minimum atomic E-state index is -1.20. The van der Waals surface area contributed by atoms with Crippen LogP contribution in [0.15, 0.2) is 102 Å². The van der Waals surface area contributed by atoms with E-state index in [1.807, 2.05) is 78.9 Å². The van der Waals surface area contributed by atoms with Crippen molar-refractivity contribution >= 4 is 35.3 Å². The number of nitrogens with one attached hydrogen (secondary N) is 1. The second-order valence-electron chi connectivity index (χ2n) is 11.2. The fraction of sp³-hybridized carbons (Fsp3) is 0.176. The smallest absolute Gasteiger partial charge is 0.274 e. The van der Waals surface area contributed by atoms with Gasteiger partial charge < -0.3 is 0 Å². The van der Waals surface area contributed by atoms with Crippen molar-refractivity contribution in [2.45, 2.75) is 24.7 Å². The summed E-state index contributed by atoms with van der Waals surface area (Å²) in [7, 11) is 0. The standard InChI is InChI=1S/C34H26N4O5/c1-20-15-16-26(27(17-20)38(42)43)37-32(40)30-29-22-11-5-7-13-24(22)34(31(30)33(37)41,25-14-8-6-12-23(25)29)19-35-36-28(39)18-21-9-3-2-4-10-21/h2-17,19,29-31H,18H2,1H3,(H,36,39)/b35-19-/t29?,30-,31-,34?/m1/s1. The first kappa shape index (κ1) is 26.5. The number of aryl methyl sites for hydroxylation is 1. The van der Waals surface area contributed by atoms with Crippen LogP contribution in [-0.2, 0) is 26.2 Å². The molecule has 0 aromatic heterocycles. The predicted octanol–water partition coefficient (Wildman–Crippen LogP) is 4.80. The van der Waals surface area contributed by atoms with E-state index in [-0.39, 0.29) is 23.7 Å². The SMILES string of the molecule is Cc1ccc(N2C(=O)[C@@H]3C4c5ccccc5C(/C=N\NC(=O)Cc5ccccc5)(c5ccccc54)[C@H]3C2=O)c([N+](=O)[O-])c1. The summed E-state index contributed by atoms with van der Waals surface area (Å²) < 4.78 is 0. The summed E-state index contributed by atoms with van der Waals surface area (Å²) in [5.74, 6) is -3.51. The van der Waals surface area contributed by atoms with Crippen LogP contribution in [-0.4, -0.2) is 28.9 Å². The number of benzene rings is 4. The van der Waals surface area contributed by atoms with E-state index < -0.39 is 39.9 Å². The van der Waals surface area contributed by atoms with Gasteiger partial charge in [0.1, 0.15) is 5.69 Å². The Kier molecular flexibility index (Phi) is 6.05.